The Balaban J connectivity index is 1.43. The molecule has 3 heteroatoms. The summed E-state index contributed by atoms with van der Waals surface area (Å²) in [5.41, 5.74) is 1.14. The molecular formula is C17H22N2O. The first kappa shape index (κ1) is 12.4. The van der Waals surface area contributed by atoms with Crippen LogP contribution in [0.1, 0.15) is 48.9 Å². The fourth-order valence-electron chi connectivity index (χ4n) is 5.38. The van der Waals surface area contributed by atoms with E-state index in [1.807, 2.05) is 0 Å². The molecule has 4 aliphatic rings. The first-order valence-electron chi connectivity index (χ1n) is 7.91. The maximum atomic E-state index is 12.2. The molecule has 0 unspecified atom stereocenters. The summed E-state index contributed by atoms with van der Waals surface area (Å²) in [7, 11) is 0. The number of hydrogen-bond acceptors (Lipinski definition) is 2. The predicted molar refractivity (Wildman–Crippen MR) is 77.2 cm³/mol. The van der Waals surface area contributed by atoms with Crippen LogP contribution >= 0.6 is 0 Å². The normalized spacial score (nSPS) is 37.9. The Labute approximate surface area is 120 Å². The predicted octanol–water partition coefficient (Wildman–Crippen LogP) is 3.03. The number of amides is 1. The summed E-state index contributed by atoms with van der Waals surface area (Å²) >= 11 is 0. The van der Waals surface area contributed by atoms with E-state index >= 15 is 0 Å². The summed E-state index contributed by atoms with van der Waals surface area (Å²) in [6.45, 7) is 0.873. The Hall–Kier alpha value is -1.38. The lowest BCUT2D eigenvalue weighted by Crippen LogP contribution is -2.51. The third kappa shape index (κ3) is 2.13. The molecule has 1 amide bonds. The van der Waals surface area contributed by atoms with E-state index < -0.39 is 0 Å². The van der Waals surface area contributed by atoms with Crippen molar-refractivity contribution in [3.8, 4) is 0 Å². The number of nitrogens with one attached hydrogen (secondary N) is 1. The van der Waals surface area contributed by atoms with Gasteiger partial charge in [-0.25, -0.2) is 0 Å². The van der Waals surface area contributed by atoms with E-state index in [4.69, 9.17) is 0 Å². The smallest absolute Gasteiger partial charge is 0.251 e. The van der Waals surface area contributed by atoms with Crippen LogP contribution in [0.15, 0.2) is 24.5 Å². The van der Waals surface area contributed by atoms with Gasteiger partial charge in [0.15, 0.2) is 0 Å². The van der Waals surface area contributed by atoms with E-state index in [1.165, 1.54) is 38.5 Å². The molecule has 1 aromatic rings. The molecule has 5 rings (SSSR count). The van der Waals surface area contributed by atoms with Gasteiger partial charge in [-0.2, -0.15) is 0 Å². The first-order chi connectivity index (χ1) is 9.72. The van der Waals surface area contributed by atoms with Crippen molar-refractivity contribution in [2.24, 2.45) is 23.2 Å². The molecule has 4 fully saturated rings. The minimum atomic E-state index is 0.0585. The van der Waals surface area contributed by atoms with E-state index in [1.54, 1.807) is 24.5 Å². The molecule has 4 bridgehead atoms. The van der Waals surface area contributed by atoms with Crippen molar-refractivity contribution in [2.45, 2.75) is 38.5 Å². The van der Waals surface area contributed by atoms with Gasteiger partial charge in [0.1, 0.15) is 0 Å². The Bertz CT molecular complexity index is 476. The van der Waals surface area contributed by atoms with E-state index in [0.29, 0.717) is 5.41 Å². The van der Waals surface area contributed by atoms with Gasteiger partial charge in [0, 0.05) is 24.5 Å². The zero-order valence-corrected chi connectivity index (χ0v) is 11.8. The third-order valence-electron chi connectivity index (χ3n) is 5.73. The zero-order chi connectivity index (χ0) is 13.6. The van der Waals surface area contributed by atoms with Gasteiger partial charge in [-0.1, -0.05) is 0 Å². The van der Waals surface area contributed by atoms with E-state index in [2.05, 4.69) is 10.3 Å². The average molecular weight is 270 g/mol. The van der Waals surface area contributed by atoms with Crippen LogP contribution in [0.2, 0.25) is 0 Å². The summed E-state index contributed by atoms with van der Waals surface area (Å²) in [5.74, 6) is 2.89. The minimum Gasteiger partial charge on any atom is -0.351 e. The quantitative estimate of drug-likeness (QED) is 0.917. The van der Waals surface area contributed by atoms with Crippen LogP contribution in [0, 0.1) is 23.2 Å². The van der Waals surface area contributed by atoms with Crippen LogP contribution in [0.25, 0.3) is 0 Å². The van der Waals surface area contributed by atoms with Gasteiger partial charge in [0.2, 0.25) is 0 Å². The fourth-order valence-corrected chi connectivity index (χ4v) is 5.38. The molecule has 4 saturated carbocycles. The van der Waals surface area contributed by atoms with Crippen molar-refractivity contribution in [3.05, 3.63) is 30.1 Å². The Morgan fingerprint density at radius 2 is 1.65 bits per heavy atom. The van der Waals surface area contributed by atoms with Crippen molar-refractivity contribution in [2.75, 3.05) is 6.54 Å². The number of pyridine rings is 1. The van der Waals surface area contributed by atoms with Crippen molar-refractivity contribution in [1.29, 1.82) is 0 Å². The van der Waals surface area contributed by atoms with Gasteiger partial charge < -0.3 is 5.32 Å². The molecule has 4 aliphatic carbocycles. The van der Waals surface area contributed by atoms with Crippen LogP contribution in [-0.2, 0) is 0 Å². The summed E-state index contributed by atoms with van der Waals surface area (Å²) in [5, 5.41) is 3.19. The Kier molecular flexibility index (Phi) is 2.83. The van der Waals surface area contributed by atoms with Gasteiger partial charge in [-0.05, 0) is 73.8 Å². The molecule has 0 aliphatic heterocycles. The molecule has 106 valence electrons. The summed E-state index contributed by atoms with van der Waals surface area (Å²) in [6, 6.07) is 3.57. The minimum absolute atomic E-state index is 0.0585. The van der Waals surface area contributed by atoms with Crippen LogP contribution in [0.3, 0.4) is 0 Å². The second-order valence-corrected chi connectivity index (χ2v) is 7.34. The van der Waals surface area contributed by atoms with Gasteiger partial charge in [-0.3, -0.25) is 9.78 Å². The second-order valence-electron chi connectivity index (χ2n) is 7.34. The van der Waals surface area contributed by atoms with Crippen LogP contribution in [0.4, 0.5) is 0 Å². The molecule has 0 radical (unpaired) electrons. The number of carbonyl (C=O) groups excluding carboxylic acids is 1. The number of rotatable bonds is 3. The van der Waals surface area contributed by atoms with E-state index in [-0.39, 0.29) is 5.91 Å². The molecule has 1 N–H and O–H groups in total. The van der Waals surface area contributed by atoms with Gasteiger partial charge >= 0.3 is 0 Å². The fraction of sp³-hybridized carbons (Fsp3) is 0.647. The topological polar surface area (TPSA) is 42.0 Å². The molecular weight excluding hydrogens is 248 g/mol. The summed E-state index contributed by atoms with van der Waals surface area (Å²) in [6.07, 6.45) is 11.8. The number of hydrogen-bond donors (Lipinski definition) is 1. The van der Waals surface area contributed by atoms with Gasteiger partial charge in [0.25, 0.3) is 5.91 Å². The molecule has 0 atom stereocenters. The lowest BCUT2D eigenvalue weighted by molar-refractivity contribution is -0.0503. The lowest BCUT2D eigenvalue weighted by Gasteiger charge is -2.56. The SMILES string of the molecule is O=C(NCC12CC3CC(CC(C3)C1)C2)c1ccncc1. The highest BCUT2D eigenvalue weighted by molar-refractivity contribution is 5.93. The van der Waals surface area contributed by atoms with Crippen molar-refractivity contribution in [1.82, 2.24) is 10.3 Å². The molecule has 0 aromatic carbocycles. The third-order valence-corrected chi connectivity index (χ3v) is 5.73. The van der Waals surface area contributed by atoms with Crippen LogP contribution < -0.4 is 5.32 Å². The Morgan fingerprint density at radius 3 is 2.20 bits per heavy atom. The monoisotopic (exact) mass is 270 g/mol. The van der Waals surface area contributed by atoms with Crippen molar-refractivity contribution >= 4 is 5.91 Å². The number of nitrogens with zero attached hydrogens (tertiary/aromatic N) is 1. The molecule has 3 nitrogen and oxygen atoms in total. The summed E-state index contributed by atoms with van der Waals surface area (Å²) < 4.78 is 0. The van der Waals surface area contributed by atoms with E-state index in [0.717, 1.165) is 29.9 Å². The highest BCUT2D eigenvalue weighted by Crippen LogP contribution is 2.59. The number of carbonyl (C=O) groups is 1. The molecule has 1 aromatic heterocycles. The highest BCUT2D eigenvalue weighted by Gasteiger charge is 2.50. The Morgan fingerprint density at radius 1 is 1.10 bits per heavy atom. The maximum absolute atomic E-state index is 12.2. The maximum Gasteiger partial charge on any atom is 0.251 e. The van der Waals surface area contributed by atoms with Gasteiger partial charge in [0.05, 0.1) is 0 Å². The highest BCUT2D eigenvalue weighted by atomic mass is 16.1. The average Bonchev–Trinajstić information content (AvgIpc) is 2.44. The zero-order valence-electron chi connectivity index (χ0n) is 11.8. The van der Waals surface area contributed by atoms with Crippen molar-refractivity contribution in [3.63, 3.8) is 0 Å². The van der Waals surface area contributed by atoms with Crippen LogP contribution in [0.5, 0.6) is 0 Å². The summed E-state index contributed by atoms with van der Waals surface area (Å²) in [4.78, 5) is 16.2. The van der Waals surface area contributed by atoms with E-state index in [9.17, 15) is 4.79 Å². The van der Waals surface area contributed by atoms with Gasteiger partial charge in [-0.15, -0.1) is 0 Å². The lowest BCUT2D eigenvalue weighted by atomic mass is 9.49. The second kappa shape index (κ2) is 4.57. The molecule has 20 heavy (non-hydrogen) atoms. The molecule has 0 saturated heterocycles. The number of aromatic nitrogens is 1. The standard InChI is InChI=1S/C17H22N2O/c20-16(15-1-3-18-4-2-15)19-11-17-8-12-5-13(9-17)7-14(6-12)10-17/h1-4,12-14H,5-11H2,(H,19,20). The largest absolute Gasteiger partial charge is 0.351 e. The van der Waals surface area contributed by atoms with Crippen LogP contribution in [-0.4, -0.2) is 17.4 Å². The first-order valence-corrected chi connectivity index (χ1v) is 7.91. The van der Waals surface area contributed by atoms with Crippen molar-refractivity contribution < 1.29 is 4.79 Å². The molecule has 0 spiro atoms. The molecule has 1 heterocycles.